The van der Waals surface area contributed by atoms with E-state index in [4.69, 9.17) is 17.0 Å². The number of hydrogen-bond acceptors (Lipinski definition) is 4. The van der Waals surface area contributed by atoms with Crippen molar-refractivity contribution in [2.45, 2.75) is 6.61 Å². The van der Waals surface area contributed by atoms with Crippen LogP contribution in [-0.4, -0.2) is 28.4 Å². The summed E-state index contributed by atoms with van der Waals surface area (Å²) in [5.74, 6) is -0.400. The van der Waals surface area contributed by atoms with Gasteiger partial charge in [-0.05, 0) is 29.9 Å². The predicted octanol–water partition coefficient (Wildman–Crippen LogP) is 3.08. The highest BCUT2D eigenvalue weighted by Gasteiger charge is 2.32. The Kier molecular flexibility index (Phi) is 5.78. The molecule has 2 aromatic carbocycles. The van der Waals surface area contributed by atoms with Gasteiger partial charge in [-0.2, -0.15) is 0 Å². The van der Waals surface area contributed by atoms with Gasteiger partial charge in [0.15, 0.2) is 5.11 Å². The molecule has 27 heavy (non-hydrogen) atoms. The summed E-state index contributed by atoms with van der Waals surface area (Å²) in [5.41, 5.74) is 1.66. The van der Waals surface area contributed by atoms with Crippen LogP contribution >= 0.6 is 12.2 Å². The lowest BCUT2D eigenvalue weighted by molar-refractivity contribution is -0.128. The van der Waals surface area contributed by atoms with E-state index in [9.17, 15) is 9.59 Å². The van der Waals surface area contributed by atoms with Gasteiger partial charge >= 0.3 is 0 Å². The van der Waals surface area contributed by atoms with Crippen LogP contribution in [0.15, 0.2) is 72.8 Å². The van der Waals surface area contributed by atoms with Crippen LogP contribution in [0.2, 0.25) is 0 Å². The van der Waals surface area contributed by atoms with E-state index in [1.807, 2.05) is 42.5 Å². The molecule has 0 spiro atoms. The normalized spacial score (nSPS) is 15.6. The van der Waals surface area contributed by atoms with Gasteiger partial charge in [-0.25, -0.2) is 0 Å². The number of thiocarbonyl (C=S) groups is 1. The average molecular weight is 378 g/mol. The van der Waals surface area contributed by atoms with Crippen LogP contribution < -0.4 is 10.1 Å². The molecule has 5 nitrogen and oxygen atoms in total. The molecule has 1 saturated heterocycles. The van der Waals surface area contributed by atoms with Crippen LogP contribution in [0.25, 0.3) is 6.08 Å². The largest absolute Gasteiger partial charge is 0.488 e. The van der Waals surface area contributed by atoms with Crippen molar-refractivity contribution >= 4 is 35.2 Å². The van der Waals surface area contributed by atoms with Gasteiger partial charge in [0.2, 0.25) is 0 Å². The Balaban J connectivity index is 1.87. The van der Waals surface area contributed by atoms with Gasteiger partial charge in [0.05, 0.1) is 0 Å². The number of ether oxygens (including phenoxy) is 1. The maximum atomic E-state index is 12.7. The van der Waals surface area contributed by atoms with Crippen molar-refractivity contribution in [2.75, 3.05) is 6.54 Å². The van der Waals surface area contributed by atoms with Crippen molar-refractivity contribution in [3.05, 3.63) is 84.0 Å². The van der Waals surface area contributed by atoms with Crippen molar-refractivity contribution in [1.82, 2.24) is 10.2 Å². The molecule has 0 aliphatic carbocycles. The van der Waals surface area contributed by atoms with Crippen molar-refractivity contribution in [3.63, 3.8) is 0 Å². The van der Waals surface area contributed by atoms with Gasteiger partial charge in [-0.15, -0.1) is 6.58 Å². The predicted molar refractivity (Wildman–Crippen MR) is 108 cm³/mol. The van der Waals surface area contributed by atoms with Crippen molar-refractivity contribution in [2.24, 2.45) is 0 Å². The van der Waals surface area contributed by atoms with E-state index in [1.54, 1.807) is 18.2 Å². The van der Waals surface area contributed by atoms with Crippen LogP contribution in [-0.2, 0) is 16.2 Å². The number of nitrogens with one attached hydrogen (secondary N) is 1. The van der Waals surface area contributed by atoms with Crippen LogP contribution in [0, 0.1) is 0 Å². The van der Waals surface area contributed by atoms with Crippen LogP contribution in [0.3, 0.4) is 0 Å². The van der Waals surface area contributed by atoms with Gasteiger partial charge in [-0.1, -0.05) is 54.6 Å². The summed E-state index contributed by atoms with van der Waals surface area (Å²) in [7, 11) is 0. The molecule has 2 amide bonds. The molecule has 1 heterocycles. The van der Waals surface area contributed by atoms with Gasteiger partial charge < -0.3 is 4.74 Å². The molecule has 0 atom stereocenters. The number of benzene rings is 2. The smallest absolute Gasteiger partial charge is 0.265 e. The monoisotopic (exact) mass is 378 g/mol. The molecule has 2 aromatic rings. The highest BCUT2D eigenvalue weighted by Crippen LogP contribution is 2.24. The van der Waals surface area contributed by atoms with Crippen LogP contribution in [0.1, 0.15) is 11.1 Å². The highest BCUT2D eigenvalue weighted by molar-refractivity contribution is 7.80. The molecule has 3 rings (SSSR count). The van der Waals surface area contributed by atoms with Crippen molar-refractivity contribution in [1.29, 1.82) is 0 Å². The second kappa shape index (κ2) is 8.42. The average Bonchev–Trinajstić information content (AvgIpc) is 2.68. The van der Waals surface area contributed by atoms with E-state index in [2.05, 4.69) is 11.9 Å². The number of amides is 2. The maximum Gasteiger partial charge on any atom is 0.265 e. The molecule has 1 aliphatic rings. The minimum absolute atomic E-state index is 0.00112. The standard InChI is InChI=1S/C21H18N2O3S/c1-2-12-23-20(25)17(19(24)22-21(23)27)13-16-10-6-7-11-18(16)26-14-15-8-4-3-5-9-15/h2-11,13H,1,12,14H2,(H,22,24,27)/b17-13+. The summed E-state index contributed by atoms with van der Waals surface area (Å²) >= 11 is 5.06. The quantitative estimate of drug-likeness (QED) is 0.363. The first-order valence-corrected chi connectivity index (χ1v) is 8.76. The lowest BCUT2D eigenvalue weighted by Gasteiger charge is -2.27. The lowest BCUT2D eigenvalue weighted by Crippen LogP contribution is -2.53. The number of nitrogens with zero attached hydrogens (tertiary/aromatic N) is 1. The van der Waals surface area contributed by atoms with Gasteiger partial charge in [0.25, 0.3) is 11.8 Å². The topological polar surface area (TPSA) is 58.6 Å². The number of para-hydroxylation sites is 1. The summed E-state index contributed by atoms with van der Waals surface area (Å²) in [6.07, 6.45) is 3.08. The second-order valence-electron chi connectivity index (χ2n) is 5.83. The molecule has 6 heteroatoms. The number of hydrogen-bond donors (Lipinski definition) is 1. The van der Waals surface area contributed by atoms with Crippen LogP contribution in [0.4, 0.5) is 0 Å². The molecule has 136 valence electrons. The Morgan fingerprint density at radius 2 is 1.78 bits per heavy atom. The maximum absolute atomic E-state index is 12.7. The Morgan fingerprint density at radius 1 is 1.07 bits per heavy atom. The Labute approximate surface area is 162 Å². The minimum Gasteiger partial charge on any atom is -0.488 e. The summed E-state index contributed by atoms with van der Waals surface area (Å²) in [6, 6.07) is 17.0. The number of carbonyl (C=O) groups excluding carboxylic acids is 2. The number of rotatable bonds is 6. The van der Waals surface area contributed by atoms with Gasteiger partial charge in [0.1, 0.15) is 17.9 Å². The zero-order valence-corrected chi connectivity index (χ0v) is 15.4. The lowest BCUT2D eigenvalue weighted by atomic mass is 10.1. The molecule has 0 bridgehead atoms. The first kappa shape index (κ1) is 18.5. The number of carbonyl (C=O) groups is 2. The third kappa shape index (κ3) is 4.30. The fraction of sp³-hybridized carbons (Fsp3) is 0.0952. The molecule has 0 unspecified atom stereocenters. The van der Waals surface area contributed by atoms with E-state index in [0.717, 1.165) is 5.56 Å². The fourth-order valence-electron chi connectivity index (χ4n) is 2.61. The van der Waals surface area contributed by atoms with Crippen molar-refractivity contribution < 1.29 is 14.3 Å². The molecule has 1 fully saturated rings. The van der Waals surface area contributed by atoms with E-state index in [-0.39, 0.29) is 17.2 Å². The molecule has 1 N–H and O–H groups in total. The van der Waals surface area contributed by atoms with E-state index >= 15 is 0 Å². The molecular formula is C21H18N2O3S. The fourth-order valence-corrected chi connectivity index (χ4v) is 2.86. The minimum atomic E-state index is -0.525. The molecular weight excluding hydrogens is 360 g/mol. The Morgan fingerprint density at radius 3 is 2.52 bits per heavy atom. The first-order chi connectivity index (χ1) is 13.1. The van der Waals surface area contributed by atoms with E-state index in [1.165, 1.54) is 11.0 Å². The van der Waals surface area contributed by atoms with Gasteiger partial charge in [0, 0.05) is 12.1 Å². The van der Waals surface area contributed by atoms with Crippen LogP contribution in [0.5, 0.6) is 5.75 Å². The third-order valence-electron chi connectivity index (χ3n) is 3.95. The van der Waals surface area contributed by atoms with Crippen molar-refractivity contribution in [3.8, 4) is 5.75 Å². The van der Waals surface area contributed by atoms with E-state index < -0.39 is 11.8 Å². The summed E-state index contributed by atoms with van der Waals surface area (Å²) < 4.78 is 5.89. The summed E-state index contributed by atoms with van der Waals surface area (Å²) in [5, 5.41) is 2.61. The molecule has 0 radical (unpaired) electrons. The second-order valence-corrected chi connectivity index (χ2v) is 6.22. The SMILES string of the molecule is C=CCN1C(=O)/C(=C/c2ccccc2OCc2ccccc2)C(=O)NC1=S. The molecule has 0 aromatic heterocycles. The highest BCUT2D eigenvalue weighted by atomic mass is 32.1. The summed E-state index contributed by atoms with van der Waals surface area (Å²) in [6.45, 7) is 4.22. The Bertz CT molecular complexity index is 922. The molecule has 0 saturated carbocycles. The van der Waals surface area contributed by atoms with Gasteiger partial charge in [-0.3, -0.25) is 19.8 Å². The zero-order chi connectivity index (χ0) is 19.2. The Hall–Kier alpha value is -3.25. The van der Waals surface area contributed by atoms with E-state index in [0.29, 0.717) is 17.9 Å². The molecule has 1 aliphatic heterocycles. The first-order valence-electron chi connectivity index (χ1n) is 8.35. The zero-order valence-electron chi connectivity index (χ0n) is 14.6. The summed E-state index contributed by atoms with van der Waals surface area (Å²) in [4.78, 5) is 26.2. The third-order valence-corrected chi connectivity index (χ3v) is 4.28.